The zero-order valence-electron chi connectivity index (χ0n) is 17.3. The highest BCUT2D eigenvalue weighted by molar-refractivity contribution is 7.89. The van der Waals surface area contributed by atoms with E-state index >= 15 is 0 Å². The largest absolute Gasteiger partial charge is 0.439 e. The van der Waals surface area contributed by atoms with Crippen molar-refractivity contribution in [1.29, 1.82) is 0 Å². The third-order valence-corrected chi connectivity index (χ3v) is 5.98. The Balaban J connectivity index is 1.64. The SMILES string of the molecule is CNS(=O)(=O)c1cc(C(=O)NCc2ccc(Oc3cc(C)ccc3C)nc2)n(C)c1. The highest BCUT2D eigenvalue weighted by Crippen LogP contribution is 2.24. The second-order valence-corrected chi connectivity index (χ2v) is 8.82. The van der Waals surface area contributed by atoms with Gasteiger partial charge in [-0.3, -0.25) is 4.79 Å². The van der Waals surface area contributed by atoms with Crippen molar-refractivity contribution in [3.05, 3.63) is 71.2 Å². The maximum absolute atomic E-state index is 12.5. The van der Waals surface area contributed by atoms with Crippen LogP contribution in [0, 0.1) is 13.8 Å². The molecule has 2 N–H and O–H groups in total. The van der Waals surface area contributed by atoms with Crippen molar-refractivity contribution in [2.45, 2.75) is 25.3 Å². The first-order valence-corrected chi connectivity index (χ1v) is 10.8. The molecule has 3 rings (SSSR count). The van der Waals surface area contributed by atoms with Gasteiger partial charge < -0.3 is 14.6 Å². The molecule has 0 saturated carbocycles. The van der Waals surface area contributed by atoms with Gasteiger partial charge in [-0.25, -0.2) is 18.1 Å². The molecule has 0 saturated heterocycles. The fourth-order valence-corrected chi connectivity index (χ4v) is 3.60. The molecule has 9 heteroatoms. The van der Waals surface area contributed by atoms with Crippen molar-refractivity contribution in [1.82, 2.24) is 19.6 Å². The molecule has 0 aliphatic heterocycles. The summed E-state index contributed by atoms with van der Waals surface area (Å²) in [5, 5.41) is 2.77. The zero-order chi connectivity index (χ0) is 21.9. The van der Waals surface area contributed by atoms with Crippen LogP contribution >= 0.6 is 0 Å². The maximum Gasteiger partial charge on any atom is 0.268 e. The van der Waals surface area contributed by atoms with E-state index in [0.717, 1.165) is 22.4 Å². The Kier molecular flexibility index (Phi) is 6.23. The topological polar surface area (TPSA) is 102 Å². The minimum atomic E-state index is -3.61. The summed E-state index contributed by atoms with van der Waals surface area (Å²) >= 11 is 0. The molecule has 1 aromatic carbocycles. The summed E-state index contributed by atoms with van der Waals surface area (Å²) < 4.78 is 33.3. The van der Waals surface area contributed by atoms with Gasteiger partial charge >= 0.3 is 0 Å². The average molecular weight is 429 g/mol. The first-order chi connectivity index (χ1) is 14.2. The third kappa shape index (κ3) is 4.87. The second-order valence-electron chi connectivity index (χ2n) is 6.94. The van der Waals surface area contributed by atoms with E-state index in [-0.39, 0.29) is 23.0 Å². The van der Waals surface area contributed by atoms with Crippen LogP contribution in [0.3, 0.4) is 0 Å². The summed E-state index contributed by atoms with van der Waals surface area (Å²) in [6.07, 6.45) is 3.02. The Bertz CT molecular complexity index is 1170. The summed E-state index contributed by atoms with van der Waals surface area (Å²) in [6.45, 7) is 4.21. The second kappa shape index (κ2) is 8.68. The lowest BCUT2D eigenvalue weighted by molar-refractivity contribution is 0.0942. The van der Waals surface area contributed by atoms with Crippen LogP contribution in [0.4, 0.5) is 0 Å². The first kappa shape index (κ1) is 21.5. The van der Waals surface area contributed by atoms with Crippen molar-refractivity contribution >= 4 is 15.9 Å². The number of rotatable bonds is 7. The van der Waals surface area contributed by atoms with Crippen LogP contribution in [0.1, 0.15) is 27.2 Å². The molecule has 8 nitrogen and oxygen atoms in total. The van der Waals surface area contributed by atoms with Gasteiger partial charge in [-0.2, -0.15) is 0 Å². The number of amides is 1. The predicted molar refractivity (Wildman–Crippen MR) is 113 cm³/mol. The lowest BCUT2D eigenvalue weighted by Crippen LogP contribution is -2.24. The van der Waals surface area contributed by atoms with E-state index in [1.54, 1.807) is 19.3 Å². The highest BCUT2D eigenvalue weighted by atomic mass is 32.2. The lowest BCUT2D eigenvalue weighted by atomic mass is 10.1. The molecule has 0 bridgehead atoms. The molecule has 158 valence electrons. The van der Waals surface area contributed by atoms with E-state index in [0.29, 0.717) is 5.88 Å². The van der Waals surface area contributed by atoms with Crippen molar-refractivity contribution < 1.29 is 17.9 Å². The molecule has 0 fully saturated rings. The highest BCUT2D eigenvalue weighted by Gasteiger charge is 2.19. The Morgan fingerprint density at radius 2 is 1.93 bits per heavy atom. The van der Waals surface area contributed by atoms with E-state index in [9.17, 15) is 13.2 Å². The van der Waals surface area contributed by atoms with E-state index in [1.807, 2.05) is 38.1 Å². The molecule has 2 aromatic heterocycles. The zero-order valence-corrected chi connectivity index (χ0v) is 18.1. The lowest BCUT2D eigenvalue weighted by Gasteiger charge is -2.10. The standard InChI is InChI=1S/C21H24N4O4S/c1-14-5-6-15(2)19(9-14)29-20-8-7-16(11-23-20)12-24-21(26)18-10-17(13-25(18)4)30(27,28)22-3/h5-11,13,22H,12H2,1-4H3,(H,24,26). The van der Waals surface area contributed by atoms with Crippen molar-refractivity contribution in [3.8, 4) is 11.6 Å². The number of pyridine rings is 1. The monoisotopic (exact) mass is 428 g/mol. The molecule has 0 atom stereocenters. The Hall–Kier alpha value is -3.17. The van der Waals surface area contributed by atoms with Gasteiger partial charge in [-0.1, -0.05) is 18.2 Å². The van der Waals surface area contributed by atoms with Crippen LogP contribution < -0.4 is 14.8 Å². The number of aryl methyl sites for hydroxylation is 3. The summed E-state index contributed by atoms with van der Waals surface area (Å²) in [5.74, 6) is 0.827. The molecular formula is C21H24N4O4S. The van der Waals surface area contributed by atoms with Gasteiger partial charge in [0.2, 0.25) is 15.9 Å². The van der Waals surface area contributed by atoms with Gasteiger partial charge in [0.05, 0.1) is 0 Å². The number of ether oxygens (including phenoxy) is 1. The number of nitrogens with one attached hydrogen (secondary N) is 2. The number of hydrogen-bond acceptors (Lipinski definition) is 5. The number of benzene rings is 1. The fraction of sp³-hybridized carbons (Fsp3) is 0.238. The molecule has 0 unspecified atom stereocenters. The quantitative estimate of drug-likeness (QED) is 0.602. The number of aromatic nitrogens is 2. The Morgan fingerprint density at radius 1 is 1.17 bits per heavy atom. The van der Waals surface area contributed by atoms with Crippen LogP contribution in [0.15, 0.2) is 53.7 Å². The van der Waals surface area contributed by atoms with E-state index in [2.05, 4.69) is 15.0 Å². The number of nitrogens with zero attached hydrogens (tertiary/aromatic N) is 2. The smallest absolute Gasteiger partial charge is 0.268 e. The molecule has 30 heavy (non-hydrogen) atoms. The third-order valence-electron chi connectivity index (χ3n) is 4.60. The van der Waals surface area contributed by atoms with Gasteiger partial charge in [0, 0.05) is 32.1 Å². The molecule has 0 aliphatic rings. The minimum absolute atomic E-state index is 0.0345. The molecule has 0 aliphatic carbocycles. The first-order valence-electron chi connectivity index (χ1n) is 9.28. The van der Waals surface area contributed by atoms with Gasteiger partial charge in [-0.05, 0) is 49.7 Å². The summed E-state index contributed by atoms with van der Waals surface area (Å²) in [4.78, 5) is 16.8. The van der Waals surface area contributed by atoms with Crippen molar-refractivity contribution in [2.24, 2.45) is 7.05 Å². The average Bonchev–Trinajstić information content (AvgIpc) is 3.12. The van der Waals surface area contributed by atoms with Gasteiger partial charge in [0.15, 0.2) is 0 Å². The van der Waals surface area contributed by atoms with E-state index in [4.69, 9.17) is 4.74 Å². The number of sulfonamides is 1. The number of carbonyl (C=O) groups is 1. The van der Waals surface area contributed by atoms with Crippen LogP contribution in [0.25, 0.3) is 0 Å². The fourth-order valence-electron chi connectivity index (χ4n) is 2.80. The molecular weight excluding hydrogens is 404 g/mol. The van der Waals surface area contributed by atoms with E-state index < -0.39 is 10.0 Å². The van der Waals surface area contributed by atoms with Crippen LogP contribution in [-0.4, -0.2) is 30.9 Å². The minimum Gasteiger partial charge on any atom is -0.439 e. The molecule has 0 spiro atoms. The molecule has 0 radical (unpaired) electrons. The van der Waals surface area contributed by atoms with Gasteiger partial charge in [0.25, 0.3) is 5.91 Å². The van der Waals surface area contributed by atoms with Crippen molar-refractivity contribution in [2.75, 3.05) is 7.05 Å². The molecule has 1 amide bonds. The van der Waals surface area contributed by atoms with Crippen molar-refractivity contribution in [3.63, 3.8) is 0 Å². The van der Waals surface area contributed by atoms with E-state index in [1.165, 1.54) is 23.9 Å². The predicted octanol–water partition coefficient (Wildman–Crippen LogP) is 2.67. The normalized spacial score (nSPS) is 11.3. The van der Waals surface area contributed by atoms with Crippen LogP contribution in [-0.2, 0) is 23.6 Å². The van der Waals surface area contributed by atoms with Crippen LogP contribution in [0.5, 0.6) is 11.6 Å². The maximum atomic E-state index is 12.5. The Morgan fingerprint density at radius 3 is 2.60 bits per heavy atom. The molecule has 3 aromatic rings. The van der Waals surface area contributed by atoms with Gasteiger partial charge in [-0.15, -0.1) is 0 Å². The van der Waals surface area contributed by atoms with Crippen LogP contribution in [0.2, 0.25) is 0 Å². The summed E-state index contributed by atoms with van der Waals surface area (Å²) in [7, 11) is -0.674. The number of carbonyl (C=O) groups excluding carboxylic acids is 1. The Labute approximate surface area is 176 Å². The number of hydrogen-bond donors (Lipinski definition) is 2. The summed E-state index contributed by atoms with van der Waals surface area (Å²) in [6, 6.07) is 10.9. The molecule has 2 heterocycles. The summed E-state index contributed by atoms with van der Waals surface area (Å²) in [5.41, 5.74) is 3.14. The van der Waals surface area contributed by atoms with Gasteiger partial charge in [0.1, 0.15) is 16.3 Å².